The van der Waals surface area contributed by atoms with Crippen molar-refractivity contribution >= 4 is 11.6 Å². The van der Waals surface area contributed by atoms with Crippen LogP contribution in [0.1, 0.15) is 63.3 Å². The number of nitrogens with zero attached hydrogens (tertiary/aromatic N) is 2. The number of aliphatic hydroxyl groups is 1. The summed E-state index contributed by atoms with van der Waals surface area (Å²) in [7, 11) is 0. The number of anilines is 2. The number of hydrazine groups is 1. The number of aliphatic hydroxyl groups excluding tert-OH is 1. The molecule has 0 spiro atoms. The van der Waals surface area contributed by atoms with Gasteiger partial charge in [-0.15, -0.1) is 0 Å². The Morgan fingerprint density at radius 2 is 1.81 bits per heavy atom. The number of hydrogen-bond acceptors (Lipinski definition) is 6. The molecule has 2 rings (SSSR count). The van der Waals surface area contributed by atoms with Crippen LogP contribution in [0.4, 0.5) is 11.6 Å². The first-order valence-electron chi connectivity index (χ1n) is 7.82. The highest BCUT2D eigenvalue weighted by Gasteiger charge is 2.23. The van der Waals surface area contributed by atoms with E-state index in [1.807, 2.05) is 6.92 Å². The summed E-state index contributed by atoms with van der Waals surface area (Å²) in [4.78, 5) is 9.04. The maximum atomic E-state index is 10.3. The Hall–Kier alpha value is -1.40. The lowest BCUT2D eigenvalue weighted by atomic mass is 10.1. The van der Waals surface area contributed by atoms with Gasteiger partial charge in [-0.1, -0.05) is 33.1 Å². The second-order valence-corrected chi connectivity index (χ2v) is 6.16. The largest absolute Gasteiger partial charge is 0.391 e. The van der Waals surface area contributed by atoms with Crippen molar-refractivity contribution in [2.45, 2.75) is 70.9 Å². The zero-order valence-electron chi connectivity index (χ0n) is 13.2. The minimum absolute atomic E-state index is 0.0479. The summed E-state index contributed by atoms with van der Waals surface area (Å²) < 4.78 is 0. The van der Waals surface area contributed by atoms with E-state index < -0.39 is 0 Å². The summed E-state index contributed by atoms with van der Waals surface area (Å²) in [5, 5.41) is 13.7. The summed E-state index contributed by atoms with van der Waals surface area (Å²) in [6.45, 7) is 6.04. The molecule has 0 bridgehead atoms. The molecule has 0 aromatic carbocycles. The van der Waals surface area contributed by atoms with Crippen LogP contribution in [0.15, 0.2) is 0 Å². The standard InChI is InChI=1S/C15H27N5O/c1-9(2)13-18-14(10(3)15(19-13)20-16)17-11-7-5-4-6-8-12(11)21/h9,11-12,21H,4-8,16H2,1-3H3,(H2,17,18,19,20). The van der Waals surface area contributed by atoms with Gasteiger partial charge in [0, 0.05) is 11.5 Å². The lowest BCUT2D eigenvalue weighted by Gasteiger charge is -2.24. The third-order valence-corrected chi connectivity index (χ3v) is 4.12. The molecule has 1 aliphatic carbocycles. The van der Waals surface area contributed by atoms with Crippen LogP contribution in [-0.2, 0) is 0 Å². The first kappa shape index (κ1) is 16.0. The fourth-order valence-corrected chi connectivity index (χ4v) is 2.71. The number of rotatable bonds is 4. The van der Waals surface area contributed by atoms with E-state index in [1.54, 1.807) is 0 Å². The average molecular weight is 293 g/mol. The van der Waals surface area contributed by atoms with Crippen molar-refractivity contribution in [2.75, 3.05) is 10.7 Å². The Bertz CT molecular complexity index is 477. The molecule has 1 aromatic rings. The van der Waals surface area contributed by atoms with E-state index in [0.717, 1.165) is 42.9 Å². The van der Waals surface area contributed by atoms with Gasteiger partial charge in [0.2, 0.25) is 0 Å². The summed E-state index contributed by atoms with van der Waals surface area (Å²) in [6.07, 6.45) is 4.91. The zero-order chi connectivity index (χ0) is 15.4. The molecular weight excluding hydrogens is 266 g/mol. The lowest BCUT2D eigenvalue weighted by Crippen LogP contribution is -2.33. The molecule has 2 atom stereocenters. The number of aromatic nitrogens is 2. The van der Waals surface area contributed by atoms with E-state index in [0.29, 0.717) is 5.82 Å². The quantitative estimate of drug-likeness (QED) is 0.386. The van der Waals surface area contributed by atoms with E-state index in [2.05, 4.69) is 34.6 Å². The van der Waals surface area contributed by atoms with Gasteiger partial charge in [0.1, 0.15) is 17.5 Å². The van der Waals surface area contributed by atoms with E-state index in [1.165, 1.54) is 6.42 Å². The van der Waals surface area contributed by atoms with Crippen LogP contribution >= 0.6 is 0 Å². The van der Waals surface area contributed by atoms with Crippen LogP contribution in [-0.4, -0.2) is 27.2 Å². The Morgan fingerprint density at radius 3 is 2.48 bits per heavy atom. The van der Waals surface area contributed by atoms with Gasteiger partial charge in [0.05, 0.1) is 12.1 Å². The second kappa shape index (κ2) is 7.04. The third-order valence-electron chi connectivity index (χ3n) is 4.12. The highest BCUT2D eigenvalue weighted by Crippen LogP contribution is 2.26. The molecule has 1 aromatic heterocycles. The van der Waals surface area contributed by atoms with Crippen LogP contribution in [0.3, 0.4) is 0 Å². The van der Waals surface area contributed by atoms with E-state index in [-0.39, 0.29) is 18.1 Å². The number of hydrogen-bond donors (Lipinski definition) is 4. The molecule has 6 heteroatoms. The summed E-state index contributed by atoms with van der Waals surface area (Å²) in [6, 6.07) is 0.0479. The van der Waals surface area contributed by atoms with Crippen molar-refractivity contribution in [3.8, 4) is 0 Å². The van der Waals surface area contributed by atoms with E-state index in [9.17, 15) is 5.11 Å². The van der Waals surface area contributed by atoms with Gasteiger partial charge in [-0.25, -0.2) is 15.8 Å². The molecule has 1 saturated carbocycles. The molecular formula is C15H27N5O. The molecule has 6 nitrogen and oxygen atoms in total. The van der Waals surface area contributed by atoms with Crippen molar-refractivity contribution in [3.05, 3.63) is 11.4 Å². The molecule has 0 amide bonds. The minimum atomic E-state index is -0.321. The minimum Gasteiger partial charge on any atom is -0.391 e. The van der Waals surface area contributed by atoms with Gasteiger partial charge in [-0.3, -0.25) is 0 Å². The van der Waals surface area contributed by atoms with Gasteiger partial charge in [-0.05, 0) is 19.8 Å². The Balaban J connectivity index is 2.27. The zero-order valence-corrected chi connectivity index (χ0v) is 13.2. The first-order chi connectivity index (χ1) is 10.0. The van der Waals surface area contributed by atoms with Crippen LogP contribution in [0.25, 0.3) is 0 Å². The normalized spacial score (nSPS) is 23.0. The molecule has 0 aliphatic heterocycles. The van der Waals surface area contributed by atoms with Crippen molar-refractivity contribution in [1.82, 2.24) is 9.97 Å². The first-order valence-corrected chi connectivity index (χ1v) is 7.82. The highest BCUT2D eigenvalue weighted by molar-refractivity contribution is 5.57. The Labute approximate surface area is 126 Å². The van der Waals surface area contributed by atoms with Gasteiger partial charge < -0.3 is 15.8 Å². The fraction of sp³-hybridized carbons (Fsp3) is 0.733. The van der Waals surface area contributed by atoms with E-state index in [4.69, 9.17) is 5.84 Å². The molecule has 1 aliphatic rings. The topological polar surface area (TPSA) is 96.1 Å². The second-order valence-electron chi connectivity index (χ2n) is 6.16. The van der Waals surface area contributed by atoms with Crippen molar-refractivity contribution < 1.29 is 5.11 Å². The molecule has 1 heterocycles. The number of nitrogen functional groups attached to an aromatic ring is 1. The van der Waals surface area contributed by atoms with Crippen LogP contribution < -0.4 is 16.6 Å². The maximum Gasteiger partial charge on any atom is 0.148 e. The van der Waals surface area contributed by atoms with E-state index >= 15 is 0 Å². The number of nitrogens with two attached hydrogens (primary N) is 1. The van der Waals surface area contributed by atoms with Gasteiger partial charge in [0.15, 0.2) is 0 Å². The van der Waals surface area contributed by atoms with Crippen LogP contribution in [0.2, 0.25) is 0 Å². The van der Waals surface area contributed by atoms with Crippen LogP contribution in [0.5, 0.6) is 0 Å². The summed E-state index contributed by atoms with van der Waals surface area (Å²) in [5.41, 5.74) is 3.53. The van der Waals surface area contributed by atoms with Crippen molar-refractivity contribution in [2.24, 2.45) is 5.84 Å². The van der Waals surface area contributed by atoms with Gasteiger partial charge in [-0.2, -0.15) is 0 Å². The Morgan fingerprint density at radius 1 is 1.14 bits per heavy atom. The predicted molar refractivity (Wildman–Crippen MR) is 85.2 cm³/mol. The monoisotopic (exact) mass is 293 g/mol. The lowest BCUT2D eigenvalue weighted by molar-refractivity contribution is 0.144. The Kier molecular flexibility index (Phi) is 5.36. The average Bonchev–Trinajstić information content (AvgIpc) is 2.66. The molecule has 5 N–H and O–H groups in total. The molecule has 0 saturated heterocycles. The van der Waals surface area contributed by atoms with Gasteiger partial charge in [0.25, 0.3) is 0 Å². The highest BCUT2D eigenvalue weighted by atomic mass is 16.3. The molecule has 21 heavy (non-hydrogen) atoms. The van der Waals surface area contributed by atoms with Crippen LogP contribution in [0, 0.1) is 6.92 Å². The molecule has 118 valence electrons. The SMILES string of the molecule is Cc1c(NN)nc(C(C)C)nc1NC1CCCCCC1O. The van der Waals surface area contributed by atoms with Gasteiger partial charge >= 0.3 is 0 Å². The van der Waals surface area contributed by atoms with Crippen molar-refractivity contribution in [1.29, 1.82) is 0 Å². The summed E-state index contributed by atoms with van der Waals surface area (Å²) in [5.74, 6) is 7.93. The molecule has 2 unspecified atom stereocenters. The maximum absolute atomic E-state index is 10.3. The fourth-order valence-electron chi connectivity index (χ4n) is 2.71. The van der Waals surface area contributed by atoms with Crippen molar-refractivity contribution in [3.63, 3.8) is 0 Å². The predicted octanol–water partition coefficient (Wildman–Crippen LogP) is 2.30. The summed E-state index contributed by atoms with van der Waals surface area (Å²) >= 11 is 0. The number of nitrogens with one attached hydrogen (secondary N) is 2. The molecule has 0 radical (unpaired) electrons. The third kappa shape index (κ3) is 3.83. The molecule has 1 fully saturated rings. The smallest absolute Gasteiger partial charge is 0.148 e.